The highest BCUT2D eigenvalue weighted by molar-refractivity contribution is 7.99. The Kier molecular flexibility index (Phi) is 5.64. The molecule has 0 aliphatic heterocycles. The van der Waals surface area contributed by atoms with Gasteiger partial charge < -0.3 is 9.88 Å². The third kappa shape index (κ3) is 4.38. The maximum atomic E-state index is 12.4. The Morgan fingerprint density at radius 1 is 1.26 bits per heavy atom. The number of nitro benzene ring substituents is 1. The fraction of sp³-hybridized carbons (Fsp3) is 0.0625. The first kappa shape index (κ1) is 19.2. The minimum Gasteiger partial charge on any atom is -0.321 e. The Bertz CT molecular complexity index is 1040. The Balaban J connectivity index is 1.88. The van der Waals surface area contributed by atoms with Crippen LogP contribution in [0, 0.1) is 10.1 Å². The van der Waals surface area contributed by atoms with Crippen molar-refractivity contribution in [2.45, 2.75) is 10.1 Å². The minimum absolute atomic E-state index is 0.120. The topological polar surface area (TPSA) is 103 Å². The van der Waals surface area contributed by atoms with E-state index in [-0.39, 0.29) is 16.3 Å². The highest BCUT2D eigenvalue weighted by Gasteiger charge is 2.20. The van der Waals surface area contributed by atoms with Crippen LogP contribution in [-0.4, -0.2) is 25.6 Å². The number of aromatic nitrogens is 3. The van der Waals surface area contributed by atoms with Gasteiger partial charge in [0, 0.05) is 23.7 Å². The van der Waals surface area contributed by atoms with Gasteiger partial charge >= 0.3 is 0 Å². The lowest BCUT2D eigenvalue weighted by Gasteiger charge is -2.09. The summed E-state index contributed by atoms with van der Waals surface area (Å²) in [5.41, 5.74) is 0.263. The quantitative estimate of drug-likeness (QED) is 0.480. The number of rotatable bonds is 5. The summed E-state index contributed by atoms with van der Waals surface area (Å²) in [4.78, 5) is 23.7. The number of nitro groups is 1. The molecule has 1 amide bonds. The highest BCUT2D eigenvalue weighted by atomic mass is 35.5. The fourth-order valence-electron chi connectivity index (χ4n) is 2.14. The maximum Gasteiger partial charge on any atom is 0.284 e. The third-order valence-corrected chi connectivity index (χ3v) is 5.13. The molecular formula is C16H11Cl2N5O3S. The molecule has 0 unspecified atom stereocenters. The highest BCUT2D eigenvalue weighted by Crippen LogP contribution is 2.34. The van der Waals surface area contributed by atoms with Gasteiger partial charge in [0.05, 0.1) is 20.5 Å². The summed E-state index contributed by atoms with van der Waals surface area (Å²) in [7, 11) is 1.73. The normalized spacial score (nSPS) is 10.6. The van der Waals surface area contributed by atoms with Gasteiger partial charge in [-0.2, -0.15) is 0 Å². The summed E-state index contributed by atoms with van der Waals surface area (Å²) in [6, 6.07) is 8.81. The molecule has 1 heterocycles. The molecule has 1 N–H and O–H groups in total. The van der Waals surface area contributed by atoms with E-state index in [9.17, 15) is 14.9 Å². The number of aryl methyl sites for hydroxylation is 1. The second-order valence-corrected chi connectivity index (χ2v) is 7.20. The molecule has 0 fully saturated rings. The van der Waals surface area contributed by atoms with Crippen molar-refractivity contribution in [3.8, 4) is 0 Å². The van der Waals surface area contributed by atoms with E-state index >= 15 is 0 Å². The molecule has 0 aliphatic carbocycles. The number of amides is 1. The number of carbonyl (C=O) groups excluding carboxylic acids is 1. The largest absolute Gasteiger partial charge is 0.321 e. The Hall–Kier alpha value is -2.62. The summed E-state index contributed by atoms with van der Waals surface area (Å²) < 4.78 is 1.64. The van der Waals surface area contributed by atoms with Crippen molar-refractivity contribution < 1.29 is 9.72 Å². The van der Waals surface area contributed by atoms with Crippen LogP contribution >= 0.6 is 35.0 Å². The molecule has 3 rings (SSSR count). The van der Waals surface area contributed by atoms with Crippen LogP contribution in [0.25, 0.3) is 0 Å². The molecule has 0 saturated carbocycles. The van der Waals surface area contributed by atoms with Crippen molar-refractivity contribution >= 4 is 52.2 Å². The van der Waals surface area contributed by atoms with E-state index in [4.69, 9.17) is 23.2 Å². The van der Waals surface area contributed by atoms with Crippen molar-refractivity contribution in [2.75, 3.05) is 5.32 Å². The lowest BCUT2D eigenvalue weighted by Crippen LogP contribution is -2.12. The molecule has 138 valence electrons. The van der Waals surface area contributed by atoms with E-state index in [1.807, 2.05) is 0 Å². The minimum atomic E-state index is -0.551. The molecule has 0 aliphatic rings. The third-order valence-electron chi connectivity index (χ3n) is 3.47. The predicted octanol–water partition coefficient (Wildman–Crippen LogP) is 4.43. The van der Waals surface area contributed by atoms with Crippen LogP contribution < -0.4 is 5.32 Å². The van der Waals surface area contributed by atoms with Crippen molar-refractivity contribution in [1.29, 1.82) is 0 Å². The van der Waals surface area contributed by atoms with Crippen LogP contribution in [0.2, 0.25) is 10.0 Å². The average Bonchev–Trinajstić information content (AvgIpc) is 3.02. The molecule has 3 aromatic rings. The second-order valence-electron chi connectivity index (χ2n) is 5.34. The second kappa shape index (κ2) is 7.95. The van der Waals surface area contributed by atoms with Crippen LogP contribution in [0.5, 0.6) is 0 Å². The number of hydrogen-bond acceptors (Lipinski definition) is 6. The van der Waals surface area contributed by atoms with Gasteiger partial charge in [-0.15, -0.1) is 10.2 Å². The first-order valence-corrected chi connectivity index (χ1v) is 8.99. The van der Waals surface area contributed by atoms with Gasteiger partial charge in [-0.05, 0) is 42.1 Å². The van der Waals surface area contributed by atoms with E-state index in [0.29, 0.717) is 20.8 Å². The predicted molar refractivity (Wildman–Crippen MR) is 103 cm³/mol. The number of anilines is 1. The van der Waals surface area contributed by atoms with Gasteiger partial charge in [0.1, 0.15) is 6.33 Å². The molecule has 2 aromatic carbocycles. The van der Waals surface area contributed by atoms with E-state index in [0.717, 1.165) is 11.8 Å². The van der Waals surface area contributed by atoms with E-state index in [2.05, 4.69) is 15.5 Å². The van der Waals surface area contributed by atoms with Crippen molar-refractivity contribution in [3.63, 3.8) is 0 Å². The van der Waals surface area contributed by atoms with Crippen LogP contribution in [0.3, 0.4) is 0 Å². The Morgan fingerprint density at radius 3 is 2.67 bits per heavy atom. The van der Waals surface area contributed by atoms with Crippen LogP contribution in [0.15, 0.2) is 52.8 Å². The standard InChI is InChI=1S/C16H11Cl2N5O3S/c1-22-8-19-21-16(22)27-14-5-2-9(6-13(14)23(25)26)15(24)20-12-4-3-10(17)7-11(12)18/h2-8H,1H3,(H,20,24). The Labute approximate surface area is 167 Å². The van der Waals surface area contributed by atoms with E-state index in [1.54, 1.807) is 23.7 Å². The number of benzene rings is 2. The number of carbonyl (C=O) groups is 1. The first-order valence-electron chi connectivity index (χ1n) is 7.42. The molecule has 8 nitrogen and oxygen atoms in total. The maximum absolute atomic E-state index is 12.4. The summed E-state index contributed by atoms with van der Waals surface area (Å²) in [5.74, 6) is -0.530. The number of halogens is 2. The summed E-state index contributed by atoms with van der Waals surface area (Å²) in [6.07, 6.45) is 1.49. The molecule has 0 spiro atoms. The molecule has 1 aromatic heterocycles. The van der Waals surface area contributed by atoms with E-state index < -0.39 is 10.8 Å². The molecule has 0 bridgehead atoms. The summed E-state index contributed by atoms with van der Waals surface area (Å²) in [5, 5.41) is 22.9. The molecule has 0 saturated heterocycles. The van der Waals surface area contributed by atoms with Gasteiger partial charge in [-0.25, -0.2) is 0 Å². The zero-order valence-corrected chi connectivity index (χ0v) is 16.0. The lowest BCUT2D eigenvalue weighted by atomic mass is 10.2. The van der Waals surface area contributed by atoms with Gasteiger partial charge in [0.25, 0.3) is 11.6 Å². The van der Waals surface area contributed by atoms with Crippen LogP contribution in [-0.2, 0) is 7.05 Å². The van der Waals surface area contributed by atoms with Gasteiger partial charge in [-0.3, -0.25) is 14.9 Å². The smallest absolute Gasteiger partial charge is 0.284 e. The molecule has 11 heteroatoms. The molecule has 27 heavy (non-hydrogen) atoms. The number of nitrogens with one attached hydrogen (secondary N) is 1. The van der Waals surface area contributed by atoms with Gasteiger partial charge in [-0.1, -0.05) is 23.2 Å². The molecule has 0 atom stereocenters. The zero-order chi connectivity index (χ0) is 19.6. The van der Waals surface area contributed by atoms with Gasteiger partial charge in [0.15, 0.2) is 5.16 Å². The van der Waals surface area contributed by atoms with Crippen molar-refractivity contribution in [3.05, 3.63) is 68.4 Å². The van der Waals surface area contributed by atoms with Crippen LogP contribution in [0.1, 0.15) is 10.4 Å². The monoisotopic (exact) mass is 423 g/mol. The average molecular weight is 424 g/mol. The molecular weight excluding hydrogens is 413 g/mol. The fourth-order valence-corrected chi connectivity index (χ4v) is 3.44. The van der Waals surface area contributed by atoms with E-state index in [1.165, 1.54) is 30.6 Å². The first-order chi connectivity index (χ1) is 12.8. The SMILES string of the molecule is Cn1cnnc1Sc1ccc(C(=O)Nc2ccc(Cl)cc2Cl)cc1[N+](=O)[O-]. The zero-order valence-electron chi connectivity index (χ0n) is 13.7. The van der Waals surface area contributed by atoms with Crippen molar-refractivity contribution in [2.24, 2.45) is 7.05 Å². The summed E-state index contributed by atoms with van der Waals surface area (Å²) in [6.45, 7) is 0. The number of nitrogens with zero attached hydrogens (tertiary/aromatic N) is 4. The molecule has 0 radical (unpaired) electrons. The Morgan fingerprint density at radius 2 is 2.04 bits per heavy atom. The van der Waals surface area contributed by atoms with Crippen molar-refractivity contribution in [1.82, 2.24) is 14.8 Å². The summed E-state index contributed by atoms with van der Waals surface area (Å²) >= 11 is 12.9. The number of hydrogen-bond donors (Lipinski definition) is 1. The van der Waals surface area contributed by atoms with Crippen LogP contribution in [0.4, 0.5) is 11.4 Å². The van der Waals surface area contributed by atoms with Gasteiger partial charge in [0.2, 0.25) is 0 Å². The lowest BCUT2D eigenvalue weighted by molar-refractivity contribution is -0.387.